The topological polar surface area (TPSA) is 50.7 Å². The summed E-state index contributed by atoms with van der Waals surface area (Å²) in [6, 6.07) is 12.0. The molecule has 2 heterocycles. The average molecular weight is 424 g/mol. The predicted octanol–water partition coefficient (Wildman–Crippen LogP) is 3.97. The highest BCUT2D eigenvalue weighted by Gasteiger charge is 2.57. The molecule has 1 fully saturated rings. The van der Waals surface area contributed by atoms with E-state index in [2.05, 4.69) is 10.3 Å². The van der Waals surface area contributed by atoms with Crippen LogP contribution in [0.1, 0.15) is 15.9 Å². The van der Waals surface area contributed by atoms with E-state index in [9.17, 15) is 22.4 Å². The third-order valence-corrected chi connectivity index (χ3v) is 6.54. The number of aliphatic imine (C=N–C) groups is 1. The Hall–Kier alpha value is -2.39. The smallest absolute Gasteiger partial charge is 0.264 e. The van der Waals surface area contributed by atoms with Crippen LogP contribution in [0.4, 0.5) is 17.6 Å². The molecular formula is C20H16F4N2O2S. The number of alkyl halides is 2. The van der Waals surface area contributed by atoms with Gasteiger partial charge in [0.25, 0.3) is 12.3 Å². The molecule has 1 N–H and O–H groups in total. The molecule has 2 aromatic rings. The number of fused-ring (bicyclic) bond motifs is 1. The van der Waals surface area contributed by atoms with Crippen LogP contribution in [0.5, 0.6) is 0 Å². The number of carbonyl (C=O) groups is 1. The molecule has 1 saturated heterocycles. The monoisotopic (exact) mass is 424 g/mol. The van der Waals surface area contributed by atoms with E-state index in [1.54, 1.807) is 30.3 Å². The number of carbonyl (C=O) groups excluding carboxylic acids is 1. The van der Waals surface area contributed by atoms with Crippen LogP contribution in [0.3, 0.4) is 0 Å². The number of amidine groups is 1. The minimum Gasteiger partial charge on any atom is -0.370 e. The number of hydrogen-bond acceptors (Lipinski definition) is 4. The van der Waals surface area contributed by atoms with Crippen molar-refractivity contribution in [2.45, 2.75) is 17.3 Å². The van der Waals surface area contributed by atoms with E-state index in [4.69, 9.17) is 4.74 Å². The largest absolute Gasteiger partial charge is 0.370 e. The van der Waals surface area contributed by atoms with Gasteiger partial charge in [-0.1, -0.05) is 42.1 Å². The predicted molar refractivity (Wildman–Crippen MR) is 101 cm³/mol. The molecule has 1 amide bonds. The lowest BCUT2D eigenvalue weighted by atomic mass is 9.83. The molecule has 0 spiro atoms. The van der Waals surface area contributed by atoms with Gasteiger partial charge in [-0.05, 0) is 18.2 Å². The molecule has 0 bridgehead atoms. The molecule has 0 unspecified atom stereocenters. The van der Waals surface area contributed by atoms with Crippen LogP contribution in [0.2, 0.25) is 0 Å². The van der Waals surface area contributed by atoms with Gasteiger partial charge >= 0.3 is 0 Å². The SMILES string of the molecule is O=C(NC1=NC[C@H]2[C@@H](C(F)F)OC[C@]2(c2cccc(F)c2F)S1)c1ccccc1. The summed E-state index contributed by atoms with van der Waals surface area (Å²) in [4.78, 5) is 16.7. The van der Waals surface area contributed by atoms with E-state index in [-0.39, 0.29) is 23.9 Å². The lowest BCUT2D eigenvalue weighted by Crippen LogP contribution is -2.45. The lowest BCUT2D eigenvalue weighted by Gasteiger charge is -2.37. The zero-order valence-electron chi connectivity index (χ0n) is 14.9. The third-order valence-electron chi connectivity index (χ3n) is 5.11. The molecule has 0 radical (unpaired) electrons. The Morgan fingerprint density at radius 3 is 2.66 bits per heavy atom. The number of benzene rings is 2. The zero-order chi connectivity index (χ0) is 20.6. The van der Waals surface area contributed by atoms with Gasteiger partial charge in [-0.2, -0.15) is 0 Å². The summed E-state index contributed by atoms with van der Waals surface area (Å²) in [6.45, 7) is -0.361. The van der Waals surface area contributed by atoms with Crippen LogP contribution >= 0.6 is 11.8 Å². The molecule has 0 aliphatic carbocycles. The van der Waals surface area contributed by atoms with Gasteiger partial charge in [0.15, 0.2) is 16.8 Å². The summed E-state index contributed by atoms with van der Waals surface area (Å²) in [7, 11) is 0. The Balaban J connectivity index is 1.69. The normalized spacial score (nSPS) is 26.2. The van der Waals surface area contributed by atoms with Crippen molar-refractivity contribution in [2.24, 2.45) is 10.9 Å². The van der Waals surface area contributed by atoms with Crippen molar-refractivity contribution in [3.63, 3.8) is 0 Å². The van der Waals surface area contributed by atoms with Gasteiger partial charge in [-0.3, -0.25) is 9.79 Å². The van der Waals surface area contributed by atoms with Crippen molar-refractivity contribution in [3.8, 4) is 0 Å². The summed E-state index contributed by atoms with van der Waals surface area (Å²) in [5, 5.41) is 2.79. The lowest BCUT2D eigenvalue weighted by molar-refractivity contribution is -0.0378. The molecule has 0 aromatic heterocycles. The molecule has 0 saturated carbocycles. The fourth-order valence-corrected chi connectivity index (χ4v) is 5.07. The number of ether oxygens (including phenoxy) is 1. The molecule has 4 rings (SSSR count). The third kappa shape index (κ3) is 3.53. The number of nitrogens with one attached hydrogen (secondary N) is 1. The molecular weight excluding hydrogens is 408 g/mol. The van der Waals surface area contributed by atoms with Gasteiger partial charge in [0.05, 0.1) is 11.4 Å². The number of hydrogen-bond donors (Lipinski definition) is 1. The minimum atomic E-state index is -2.80. The van der Waals surface area contributed by atoms with E-state index >= 15 is 0 Å². The average Bonchev–Trinajstić information content (AvgIpc) is 3.10. The quantitative estimate of drug-likeness (QED) is 0.759. The fourth-order valence-electron chi connectivity index (χ4n) is 3.69. The van der Waals surface area contributed by atoms with Crippen LogP contribution in [-0.2, 0) is 9.48 Å². The van der Waals surface area contributed by atoms with Crippen LogP contribution in [0, 0.1) is 17.6 Å². The second-order valence-electron chi connectivity index (χ2n) is 6.78. The maximum atomic E-state index is 14.6. The van der Waals surface area contributed by atoms with Crippen molar-refractivity contribution in [1.82, 2.24) is 5.32 Å². The first-order valence-electron chi connectivity index (χ1n) is 8.86. The number of amides is 1. The van der Waals surface area contributed by atoms with E-state index in [1.807, 2.05) is 0 Å². The Bertz CT molecular complexity index is 957. The summed E-state index contributed by atoms with van der Waals surface area (Å²) in [5.74, 6) is -3.50. The maximum absolute atomic E-state index is 14.6. The highest BCUT2D eigenvalue weighted by molar-refractivity contribution is 8.14. The molecule has 2 aromatic carbocycles. The highest BCUT2D eigenvalue weighted by Crippen LogP contribution is 2.54. The Morgan fingerprint density at radius 2 is 1.93 bits per heavy atom. The van der Waals surface area contributed by atoms with Gasteiger partial charge in [0, 0.05) is 23.6 Å². The number of thioether (sulfide) groups is 1. The number of nitrogens with zero attached hydrogens (tertiary/aromatic N) is 1. The Morgan fingerprint density at radius 1 is 1.17 bits per heavy atom. The van der Waals surface area contributed by atoms with E-state index in [0.717, 1.165) is 17.8 Å². The summed E-state index contributed by atoms with van der Waals surface area (Å²) >= 11 is 0.923. The molecule has 2 aliphatic heterocycles. The van der Waals surface area contributed by atoms with Crippen molar-refractivity contribution >= 4 is 22.8 Å². The second-order valence-corrected chi connectivity index (χ2v) is 8.09. The zero-order valence-corrected chi connectivity index (χ0v) is 15.8. The van der Waals surface area contributed by atoms with Crippen LogP contribution in [0.25, 0.3) is 0 Å². The van der Waals surface area contributed by atoms with Gasteiger partial charge in [0.1, 0.15) is 6.10 Å². The van der Waals surface area contributed by atoms with E-state index in [0.29, 0.717) is 5.56 Å². The van der Waals surface area contributed by atoms with Crippen LogP contribution in [-0.4, -0.2) is 36.8 Å². The standard InChI is InChI=1S/C20H16F4N2O2S/c21-14-8-4-7-12(15(14)22)20-10-28-16(17(23)24)13(20)9-25-19(29-20)26-18(27)11-5-2-1-3-6-11/h1-8,13,16-17H,9-10H2,(H,25,26,27)/t13-,16-,20+/m0/s1. The molecule has 4 nitrogen and oxygen atoms in total. The van der Waals surface area contributed by atoms with E-state index < -0.39 is 40.7 Å². The second kappa shape index (κ2) is 7.79. The van der Waals surface area contributed by atoms with Crippen LogP contribution < -0.4 is 5.32 Å². The van der Waals surface area contributed by atoms with Gasteiger partial charge in [-0.15, -0.1) is 0 Å². The number of rotatable bonds is 3. The first kappa shape index (κ1) is 19.9. The molecule has 29 heavy (non-hydrogen) atoms. The molecule has 3 atom stereocenters. The summed E-state index contributed by atoms with van der Waals surface area (Å²) < 4.78 is 59.5. The number of halogens is 4. The van der Waals surface area contributed by atoms with E-state index in [1.165, 1.54) is 12.1 Å². The van der Waals surface area contributed by atoms with Gasteiger partial charge in [0.2, 0.25) is 0 Å². The minimum absolute atomic E-state index is 0.0722. The van der Waals surface area contributed by atoms with Crippen molar-refractivity contribution in [2.75, 3.05) is 13.2 Å². The van der Waals surface area contributed by atoms with Gasteiger partial charge in [-0.25, -0.2) is 17.6 Å². The Labute approximate surface area is 168 Å². The van der Waals surface area contributed by atoms with Crippen molar-refractivity contribution < 1.29 is 27.1 Å². The van der Waals surface area contributed by atoms with Crippen molar-refractivity contribution in [3.05, 3.63) is 71.3 Å². The van der Waals surface area contributed by atoms with Gasteiger partial charge < -0.3 is 10.1 Å². The molecule has 2 aliphatic rings. The molecule has 9 heteroatoms. The maximum Gasteiger partial charge on any atom is 0.264 e. The first-order valence-corrected chi connectivity index (χ1v) is 9.68. The van der Waals surface area contributed by atoms with Crippen LogP contribution in [0.15, 0.2) is 53.5 Å². The van der Waals surface area contributed by atoms with Crippen molar-refractivity contribution in [1.29, 1.82) is 0 Å². The Kier molecular flexibility index (Phi) is 5.35. The summed E-state index contributed by atoms with van der Waals surface area (Å²) in [5.41, 5.74) is 0.314. The highest BCUT2D eigenvalue weighted by atomic mass is 32.2. The summed E-state index contributed by atoms with van der Waals surface area (Å²) in [6.07, 6.45) is -4.25. The first-order chi connectivity index (χ1) is 13.9. The fraction of sp³-hybridized carbons (Fsp3) is 0.300. The molecule has 152 valence electrons.